The fourth-order valence-corrected chi connectivity index (χ4v) is 0.456. The molecule has 0 fully saturated rings. The molecule has 0 heterocycles. The van der Waals surface area contributed by atoms with Gasteiger partial charge in [0, 0.05) is 0 Å². The predicted octanol–water partition coefficient (Wildman–Crippen LogP) is 0.518. The summed E-state index contributed by atoms with van der Waals surface area (Å²) in [5.41, 5.74) is -0.191. The second-order valence-corrected chi connectivity index (χ2v) is 1.73. The lowest BCUT2D eigenvalue weighted by molar-refractivity contribution is -0.132. The highest BCUT2D eigenvalue weighted by atomic mass is 16.4. The van der Waals surface area contributed by atoms with Gasteiger partial charge in [-0.25, -0.2) is 9.59 Å². The summed E-state index contributed by atoms with van der Waals surface area (Å²) in [5.74, 6) is -1.20. The molecule has 0 saturated heterocycles. The van der Waals surface area contributed by atoms with Crippen LogP contribution in [0, 0.1) is 0 Å². The molecule has 4 nitrogen and oxygen atoms in total. The first kappa shape index (κ1) is 9.33. The molecule has 0 saturated carbocycles. The number of carboxylic acid groups (broad SMARTS) is 1. The van der Waals surface area contributed by atoms with Crippen LogP contribution in [0.25, 0.3) is 0 Å². The fourth-order valence-electron chi connectivity index (χ4n) is 0.456. The molecule has 58 valence electrons. The van der Waals surface area contributed by atoms with Gasteiger partial charge in [-0.3, -0.25) is 0 Å². The second kappa shape index (κ2) is 4.19. The summed E-state index contributed by atoms with van der Waals surface area (Å²) < 4.78 is 0. The number of aliphatic imine (C=N–C) groups is 1. The van der Waals surface area contributed by atoms with Crippen LogP contribution in [0.5, 0.6) is 0 Å². The summed E-state index contributed by atoms with van der Waals surface area (Å²) in [6, 6.07) is -0.870. The third kappa shape index (κ3) is 2.60. The number of carboxylic acids is 1. The van der Waals surface area contributed by atoms with E-state index in [2.05, 4.69) is 18.2 Å². The van der Waals surface area contributed by atoms with E-state index < -0.39 is 12.0 Å². The maximum Gasteiger partial charge on any atom is 0.333 e. The van der Waals surface area contributed by atoms with Crippen molar-refractivity contribution >= 4 is 12.0 Å². The normalized spacial score (nSPS) is 10.9. The van der Waals surface area contributed by atoms with Gasteiger partial charge in [0.2, 0.25) is 6.08 Å². The average molecular weight is 153 g/mol. The van der Waals surface area contributed by atoms with Crippen LogP contribution in [0.4, 0.5) is 0 Å². The van der Waals surface area contributed by atoms with Gasteiger partial charge in [0.05, 0.1) is 5.57 Å². The van der Waals surface area contributed by atoms with Crippen molar-refractivity contribution in [1.82, 2.24) is 0 Å². The van der Waals surface area contributed by atoms with Gasteiger partial charge < -0.3 is 5.11 Å². The number of rotatable bonds is 4. The maximum atomic E-state index is 10.2. The Hall–Kier alpha value is -1.67. The average Bonchev–Trinajstić information content (AvgIpc) is 1.98. The number of aliphatic carboxylic acids is 1. The largest absolute Gasteiger partial charge is 0.478 e. The van der Waals surface area contributed by atoms with Gasteiger partial charge in [-0.15, -0.1) is 6.58 Å². The minimum atomic E-state index is -1.20. The molecule has 0 aliphatic rings. The Labute approximate surface area is 63.6 Å². The van der Waals surface area contributed by atoms with E-state index in [9.17, 15) is 9.59 Å². The highest BCUT2D eigenvalue weighted by molar-refractivity contribution is 5.87. The lowest BCUT2D eigenvalue weighted by Crippen LogP contribution is -2.12. The van der Waals surface area contributed by atoms with Crippen molar-refractivity contribution in [2.24, 2.45) is 4.99 Å². The fraction of sp³-hybridized carbons (Fsp3) is 0.143. The maximum absolute atomic E-state index is 10.2. The number of hydrogen-bond acceptors (Lipinski definition) is 3. The second-order valence-electron chi connectivity index (χ2n) is 1.73. The van der Waals surface area contributed by atoms with Gasteiger partial charge in [-0.05, 0) is 0 Å². The van der Waals surface area contributed by atoms with Crippen molar-refractivity contribution in [3.05, 3.63) is 24.8 Å². The van der Waals surface area contributed by atoms with E-state index in [1.807, 2.05) is 0 Å². The van der Waals surface area contributed by atoms with E-state index in [0.29, 0.717) is 0 Å². The lowest BCUT2D eigenvalue weighted by atomic mass is 10.1. The summed E-state index contributed by atoms with van der Waals surface area (Å²) >= 11 is 0. The first-order chi connectivity index (χ1) is 5.13. The molecular weight excluding hydrogens is 146 g/mol. The van der Waals surface area contributed by atoms with Crippen LogP contribution in [-0.2, 0) is 9.59 Å². The van der Waals surface area contributed by atoms with Crippen LogP contribution in [0.2, 0.25) is 0 Å². The van der Waals surface area contributed by atoms with Gasteiger partial charge in [0.25, 0.3) is 0 Å². The van der Waals surface area contributed by atoms with E-state index in [1.165, 1.54) is 12.2 Å². The number of isocyanates is 1. The summed E-state index contributed by atoms with van der Waals surface area (Å²) in [6.45, 7) is 6.49. The van der Waals surface area contributed by atoms with Crippen LogP contribution in [0.1, 0.15) is 0 Å². The molecule has 0 bridgehead atoms. The number of carbonyl (C=O) groups is 1. The van der Waals surface area contributed by atoms with Gasteiger partial charge in [-0.1, -0.05) is 12.7 Å². The van der Waals surface area contributed by atoms with E-state index in [-0.39, 0.29) is 5.57 Å². The zero-order chi connectivity index (χ0) is 8.85. The van der Waals surface area contributed by atoms with Crippen molar-refractivity contribution in [2.75, 3.05) is 0 Å². The van der Waals surface area contributed by atoms with Crippen molar-refractivity contribution in [1.29, 1.82) is 0 Å². The molecule has 0 aromatic carbocycles. The Kier molecular flexibility index (Phi) is 3.56. The lowest BCUT2D eigenvalue weighted by Gasteiger charge is -2.02. The van der Waals surface area contributed by atoms with Gasteiger partial charge in [0.15, 0.2) is 0 Å². The van der Waals surface area contributed by atoms with Crippen LogP contribution in [0.15, 0.2) is 29.8 Å². The van der Waals surface area contributed by atoms with Crippen LogP contribution in [-0.4, -0.2) is 23.2 Å². The number of carbonyl (C=O) groups excluding carboxylic acids is 1. The van der Waals surface area contributed by atoms with Crippen molar-refractivity contribution in [3.63, 3.8) is 0 Å². The quantitative estimate of drug-likeness (QED) is 0.277. The third-order valence-corrected chi connectivity index (χ3v) is 1.05. The summed E-state index contributed by atoms with van der Waals surface area (Å²) in [4.78, 5) is 23.1. The third-order valence-electron chi connectivity index (χ3n) is 1.05. The van der Waals surface area contributed by atoms with Crippen LogP contribution < -0.4 is 0 Å². The number of nitrogens with zero attached hydrogens (tertiary/aromatic N) is 1. The first-order valence-electron chi connectivity index (χ1n) is 2.75. The smallest absolute Gasteiger partial charge is 0.333 e. The molecule has 1 N–H and O–H groups in total. The molecule has 11 heavy (non-hydrogen) atoms. The SMILES string of the molecule is C=CC(N=C=O)C(=C)C(=O)O. The molecule has 0 radical (unpaired) electrons. The topological polar surface area (TPSA) is 66.7 Å². The van der Waals surface area contributed by atoms with E-state index >= 15 is 0 Å². The molecule has 0 amide bonds. The molecule has 4 heteroatoms. The molecule has 1 atom stereocenters. The van der Waals surface area contributed by atoms with E-state index in [0.717, 1.165) is 0 Å². The predicted molar refractivity (Wildman–Crippen MR) is 38.9 cm³/mol. The molecule has 0 aliphatic carbocycles. The molecule has 0 aromatic heterocycles. The van der Waals surface area contributed by atoms with Crippen LogP contribution >= 0.6 is 0 Å². The highest BCUT2D eigenvalue weighted by Crippen LogP contribution is 2.04. The van der Waals surface area contributed by atoms with Gasteiger partial charge in [-0.2, -0.15) is 4.99 Å². The minimum absolute atomic E-state index is 0.191. The Bertz CT molecular complexity index is 238. The van der Waals surface area contributed by atoms with Crippen molar-refractivity contribution in [2.45, 2.75) is 6.04 Å². The van der Waals surface area contributed by atoms with Gasteiger partial charge in [0.1, 0.15) is 6.04 Å². The van der Waals surface area contributed by atoms with E-state index in [4.69, 9.17) is 5.11 Å². The molecule has 0 spiro atoms. The van der Waals surface area contributed by atoms with Crippen molar-refractivity contribution < 1.29 is 14.7 Å². The molecule has 1 unspecified atom stereocenters. The molecule has 0 aliphatic heterocycles. The van der Waals surface area contributed by atoms with Crippen LogP contribution in [0.3, 0.4) is 0 Å². The standard InChI is InChI=1S/C7H7NO3/c1-3-6(8-4-9)5(2)7(10)11/h3,6H,1-2H2,(H,10,11). The Morgan fingerprint density at radius 3 is 2.55 bits per heavy atom. The van der Waals surface area contributed by atoms with Crippen molar-refractivity contribution in [3.8, 4) is 0 Å². The Morgan fingerprint density at radius 1 is 1.73 bits per heavy atom. The Balaban J connectivity index is 4.50. The highest BCUT2D eigenvalue weighted by Gasteiger charge is 2.13. The zero-order valence-electron chi connectivity index (χ0n) is 5.78. The summed E-state index contributed by atoms with van der Waals surface area (Å²) in [7, 11) is 0. The Morgan fingerprint density at radius 2 is 2.27 bits per heavy atom. The monoisotopic (exact) mass is 153 g/mol. The molecule has 0 rings (SSSR count). The number of hydrogen-bond donors (Lipinski definition) is 1. The molecular formula is C7H7NO3. The first-order valence-corrected chi connectivity index (χ1v) is 2.75. The van der Waals surface area contributed by atoms with Gasteiger partial charge >= 0.3 is 5.97 Å². The zero-order valence-corrected chi connectivity index (χ0v) is 5.78. The summed E-state index contributed by atoms with van der Waals surface area (Å²) in [5, 5.41) is 8.37. The molecule has 0 aromatic rings. The summed E-state index contributed by atoms with van der Waals surface area (Å²) in [6.07, 6.45) is 2.44. The van der Waals surface area contributed by atoms with E-state index in [1.54, 1.807) is 0 Å². The minimum Gasteiger partial charge on any atom is -0.478 e.